The summed E-state index contributed by atoms with van der Waals surface area (Å²) in [5.74, 6) is -0.0463. The van der Waals surface area contributed by atoms with E-state index in [0.717, 1.165) is 0 Å². The van der Waals surface area contributed by atoms with Gasteiger partial charge in [-0.1, -0.05) is 0 Å². The number of azo groups is 1. The molecule has 3 nitrogen and oxygen atoms in total. The van der Waals surface area contributed by atoms with Crippen LogP contribution in [0.1, 0.15) is 13.8 Å². The van der Waals surface area contributed by atoms with E-state index >= 15 is 0 Å². The van der Waals surface area contributed by atoms with Gasteiger partial charge in [0.05, 0.1) is 0 Å². The zero-order valence-electron chi connectivity index (χ0n) is 5.71. The molecule has 50 valence electrons. The highest BCUT2D eigenvalue weighted by Crippen LogP contribution is 2.31. The third kappa shape index (κ3) is 1.13. The molecule has 0 saturated heterocycles. The van der Waals surface area contributed by atoms with Crippen molar-refractivity contribution >= 4 is 17.9 Å². The van der Waals surface area contributed by atoms with E-state index in [1.165, 1.54) is 11.9 Å². The lowest BCUT2D eigenvalue weighted by Crippen LogP contribution is -2.21. The number of rotatable bonds is 0. The summed E-state index contributed by atoms with van der Waals surface area (Å²) in [5.41, 5.74) is 0. The fourth-order valence-corrected chi connectivity index (χ4v) is 1.53. The van der Waals surface area contributed by atoms with E-state index in [2.05, 4.69) is 5.11 Å². The summed E-state index contributed by atoms with van der Waals surface area (Å²) in [4.78, 5) is 10.9. The van der Waals surface area contributed by atoms with Gasteiger partial charge in [-0.3, -0.25) is 4.79 Å². The van der Waals surface area contributed by atoms with Crippen molar-refractivity contribution in [3.8, 4) is 0 Å². The van der Waals surface area contributed by atoms with Crippen LogP contribution in [0.15, 0.2) is 5.11 Å². The molecule has 0 bridgehead atoms. The molecule has 0 radical (unpaired) electrons. The molecule has 0 aromatic heterocycles. The maximum atomic E-state index is 10.9. The summed E-state index contributed by atoms with van der Waals surface area (Å²) in [5, 5.41) is 3.70. The summed E-state index contributed by atoms with van der Waals surface area (Å²) in [6.07, 6.45) is 0. The molecule has 0 fully saturated rings. The van der Waals surface area contributed by atoms with E-state index in [4.69, 9.17) is 0 Å². The molecular weight excluding hydrogens is 136 g/mol. The largest absolute Gasteiger partial charge is 0.331 e. The SMILES string of the molecule is C[N+]1=NC(=O)C(C)(C)S1. The van der Waals surface area contributed by atoms with Crippen molar-refractivity contribution in [2.45, 2.75) is 18.6 Å². The summed E-state index contributed by atoms with van der Waals surface area (Å²) < 4.78 is 1.26. The van der Waals surface area contributed by atoms with E-state index in [1.54, 1.807) is 11.2 Å². The first kappa shape index (κ1) is 6.74. The van der Waals surface area contributed by atoms with E-state index < -0.39 is 0 Å². The molecule has 4 heteroatoms. The van der Waals surface area contributed by atoms with Gasteiger partial charge in [-0.2, -0.15) is 0 Å². The van der Waals surface area contributed by atoms with Gasteiger partial charge < -0.3 is 0 Å². The van der Waals surface area contributed by atoms with Gasteiger partial charge in [-0.15, -0.1) is 0 Å². The molecule has 0 N–H and O–H groups in total. The number of amides is 1. The molecule has 0 atom stereocenters. The number of carbonyl (C=O) groups excluding carboxylic acids is 1. The van der Waals surface area contributed by atoms with Gasteiger partial charge in [0.2, 0.25) is 11.9 Å². The van der Waals surface area contributed by atoms with E-state index in [1.807, 2.05) is 13.8 Å². The van der Waals surface area contributed by atoms with Crippen molar-refractivity contribution in [1.82, 2.24) is 0 Å². The molecule has 1 aliphatic rings. The molecule has 1 heterocycles. The average molecular weight is 145 g/mol. The Morgan fingerprint density at radius 2 is 2.22 bits per heavy atom. The minimum Gasteiger partial charge on any atom is -0.264 e. The molecule has 0 aliphatic carbocycles. The Kier molecular flexibility index (Phi) is 1.35. The fourth-order valence-electron chi connectivity index (χ4n) is 0.638. The molecule has 1 amide bonds. The standard InChI is InChI=1S/C5H9N2OS/c1-5(2)4(8)6-7(3)9-5/h1-3H3/q+1. The van der Waals surface area contributed by atoms with Crippen LogP contribution in [0.5, 0.6) is 0 Å². The van der Waals surface area contributed by atoms with Crippen molar-refractivity contribution in [2.75, 3.05) is 7.05 Å². The molecule has 0 aromatic carbocycles. The summed E-state index contributed by atoms with van der Waals surface area (Å²) >= 11 is 1.45. The van der Waals surface area contributed by atoms with Crippen LogP contribution < -0.4 is 0 Å². The highest BCUT2D eigenvalue weighted by Gasteiger charge is 2.43. The Morgan fingerprint density at radius 3 is 2.33 bits per heavy atom. The molecule has 1 rings (SSSR count). The van der Waals surface area contributed by atoms with Crippen LogP contribution in [0.2, 0.25) is 0 Å². The number of carbonyl (C=O) groups is 1. The van der Waals surface area contributed by atoms with Gasteiger partial charge in [0.15, 0.2) is 11.8 Å². The maximum Gasteiger partial charge on any atom is 0.331 e. The molecule has 1 aliphatic heterocycles. The van der Waals surface area contributed by atoms with Gasteiger partial charge in [0.1, 0.15) is 0 Å². The lowest BCUT2D eigenvalue weighted by molar-refractivity contribution is -0.381. The topological polar surface area (TPSA) is 32.4 Å². The lowest BCUT2D eigenvalue weighted by Gasteiger charge is -2.01. The third-order valence-electron chi connectivity index (χ3n) is 1.11. The molecular formula is C5H9N2OS+. The normalized spacial score (nSPS) is 24.3. The van der Waals surface area contributed by atoms with E-state index in [9.17, 15) is 4.79 Å². The van der Waals surface area contributed by atoms with Crippen LogP contribution in [0.3, 0.4) is 0 Å². The first-order valence-electron chi connectivity index (χ1n) is 2.71. The van der Waals surface area contributed by atoms with Crippen molar-refractivity contribution in [1.29, 1.82) is 0 Å². The summed E-state index contributed by atoms with van der Waals surface area (Å²) in [6.45, 7) is 3.74. The van der Waals surface area contributed by atoms with Crippen LogP contribution >= 0.6 is 11.9 Å². The smallest absolute Gasteiger partial charge is 0.264 e. The average Bonchev–Trinajstić information content (AvgIpc) is 1.79. The van der Waals surface area contributed by atoms with Crippen molar-refractivity contribution in [3.63, 3.8) is 0 Å². The number of hydrogen-bond donors (Lipinski definition) is 0. The van der Waals surface area contributed by atoms with E-state index in [-0.39, 0.29) is 10.7 Å². The number of nitrogens with zero attached hydrogens (tertiary/aromatic N) is 2. The zero-order valence-corrected chi connectivity index (χ0v) is 6.53. The monoisotopic (exact) mass is 145 g/mol. The molecule has 0 aromatic rings. The van der Waals surface area contributed by atoms with Crippen molar-refractivity contribution in [3.05, 3.63) is 0 Å². The molecule has 9 heavy (non-hydrogen) atoms. The predicted molar refractivity (Wildman–Crippen MR) is 35.3 cm³/mol. The predicted octanol–water partition coefficient (Wildman–Crippen LogP) is 1.05. The van der Waals surface area contributed by atoms with Crippen LogP contribution in [-0.4, -0.2) is 21.8 Å². The molecule has 0 unspecified atom stereocenters. The minimum atomic E-state index is -0.339. The summed E-state index contributed by atoms with van der Waals surface area (Å²) in [6, 6.07) is 0. The third-order valence-corrected chi connectivity index (χ3v) is 2.08. The van der Waals surface area contributed by atoms with Crippen molar-refractivity contribution in [2.24, 2.45) is 5.11 Å². The highest BCUT2D eigenvalue weighted by atomic mass is 32.2. The van der Waals surface area contributed by atoms with Crippen LogP contribution in [0, 0.1) is 0 Å². The van der Waals surface area contributed by atoms with Gasteiger partial charge in [-0.25, -0.2) is 0 Å². The van der Waals surface area contributed by atoms with Crippen LogP contribution in [0.4, 0.5) is 0 Å². The Morgan fingerprint density at radius 1 is 1.67 bits per heavy atom. The fraction of sp³-hybridized carbons (Fsp3) is 0.800. The molecule has 0 spiro atoms. The highest BCUT2D eigenvalue weighted by molar-refractivity contribution is 7.95. The Balaban J connectivity index is 2.84. The van der Waals surface area contributed by atoms with Gasteiger partial charge in [0.25, 0.3) is 0 Å². The van der Waals surface area contributed by atoms with Gasteiger partial charge >= 0.3 is 5.91 Å². The maximum absolute atomic E-state index is 10.9. The van der Waals surface area contributed by atoms with E-state index in [0.29, 0.717) is 0 Å². The Labute approximate surface area is 58.3 Å². The second-order valence-corrected chi connectivity index (χ2v) is 4.20. The van der Waals surface area contributed by atoms with Gasteiger partial charge in [-0.05, 0) is 18.0 Å². The van der Waals surface area contributed by atoms with Crippen molar-refractivity contribution < 1.29 is 8.90 Å². The van der Waals surface area contributed by atoms with Crippen LogP contribution in [-0.2, 0) is 4.79 Å². The zero-order chi connectivity index (χ0) is 7.07. The second kappa shape index (κ2) is 1.80. The quantitative estimate of drug-likeness (QED) is 0.377. The van der Waals surface area contributed by atoms with Gasteiger partial charge in [0, 0.05) is 5.11 Å². The Hall–Kier alpha value is -0.380. The summed E-state index contributed by atoms with van der Waals surface area (Å²) in [7, 11) is 1.78. The number of hydrogen-bond acceptors (Lipinski definition) is 2. The minimum absolute atomic E-state index is 0.0463. The molecule has 0 saturated carbocycles. The first-order chi connectivity index (χ1) is 4.02. The van der Waals surface area contributed by atoms with Crippen LogP contribution in [0.25, 0.3) is 0 Å². The second-order valence-electron chi connectivity index (χ2n) is 2.47. The Bertz CT molecular complexity index is 185. The first-order valence-corrected chi connectivity index (χ1v) is 3.49. The lowest BCUT2D eigenvalue weighted by atomic mass is 10.2.